The number of rotatable bonds is 5. The molecule has 2 aromatic carbocycles. The first kappa shape index (κ1) is 18.7. The van der Waals surface area contributed by atoms with Crippen molar-refractivity contribution in [1.82, 2.24) is 0 Å². The molecule has 27 heavy (non-hydrogen) atoms. The van der Waals surface area contributed by atoms with Gasteiger partial charge in [0.1, 0.15) is 5.75 Å². The third-order valence-electron chi connectivity index (χ3n) is 4.40. The second kappa shape index (κ2) is 6.93. The second-order valence-electron chi connectivity index (χ2n) is 6.18. The number of nitrogens with zero attached hydrogens (tertiary/aromatic N) is 2. The molecule has 2 N–H and O–H groups in total. The molecular weight excluding hydrogens is 372 g/mol. The summed E-state index contributed by atoms with van der Waals surface area (Å²) in [5.74, 6) is -0.920. The molecule has 1 aliphatic heterocycles. The number of nitro benzene ring substituents is 1. The molecule has 3 rings (SSSR count). The van der Waals surface area contributed by atoms with E-state index in [1.165, 1.54) is 28.9 Å². The topological polar surface area (TPSA) is 121 Å². The second-order valence-corrected chi connectivity index (χ2v) is 7.60. The van der Waals surface area contributed by atoms with Gasteiger partial charge in [-0.05, 0) is 19.1 Å². The molecule has 1 aliphatic rings. The van der Waals surface area contributed by atoms with Crippen molar-refractivity contribution in [2.45, 2.75) is 12.8 Å². The van der Waals surface area contributed by atoms with Gasteiger partial charge in [0.2, 0.25) is 5.69 Å². The smallest absolute Gasteiger partial charge is 0.326 e. The Hall–Kier alpha value is -3.04. The van der Waals surface area contributed by atoms with Crippen LogP contribution in [0.4, 0.5) is 11.4 Å². The van der Waals surface area contributed by atoms with Gasteiger partial charge < -0.3 is 5.11 Å². The lowest BCUT2D eigenvalue weighted by Crippen LogP contribution is -2.20. The maximum absolute atomic E-state index is 11.5. The van der Waals surface area contributed by atoms with Crippen molar-refractivity contribution in [3.8, 4) is 5.75 Å². The van der Waals surface area contributed by atoms with E-state index in [1.54, 1.807) is 18.2 Å². The van der Waals surface area contributed by atoms with E-state index in [9.17, 15) is 28.2 Å². The van der Waals surface area contributed by atoms with Gasteiger partial charge in [-0.2, -0.15) is 13.0 Å². The number of para-hydroxylation sites is 1. The molecule has 0 aliphatic carbocycles. The average Bonchev–Trinajstić information content (AvgIpc) is 2.85. The minimum atomic E-state index is -4.28. The fourth-order valence-electron chi connectivity index (χ4n) is 3.14. The Balaban J connectivity index is 2.08. The molecule has 8 nitrogen and oxygen atoms in total. The first-order valence-electron chi connectivity index (χ1n) is 8.01. The molecule has 0 spiro atoms. The van der Waals surface area contributed by atoms with Crippen molar-refractivity contribution in [2.75, 3.05) is 5.88 Å². The lowest BCUT2D eigenvalue weighted by Gasteiger charge is -2.02. The molecular formula is C18H17N2O6S+. The van der Waals surface area contributed by atoms with Crippen LogP contribution in [-0.4, -0.2) is 39.2 Å². The largest absolute Gasteiger partial charge is 0.507 e. The van der Waals surface area contributed by atoms with E-state index in [-0.39, 0.29) is 22.9 Å². The first-order valence-corrected chi connectivity index (χ1v) is 9.62. The van der Waals surface area contributed by atoms with Crippen LogP contribution in [-0.2, 0) is 10.1 Å². The van der Waals surface area contributed by atoms with Crippen LogP contribution in [0.1, 0.15) is 24.0 Å². The zero-order chi connectivity index (χ0) is 19.8. The Bertz CT molecular complexity index is 1090. The van der Waals surface area contributed by atoms with Crippen LogP contribution in [0.3, 0.4) is 0 Å². The van der Waals surface area contributed by atoms with Crippen molar-refractivity contribution in [1.29, 1.82) is 0 Å². The minimum Gasteiger partial charge on any atom is -0.507 e. The molecule has 9 heteroatoms. The molecule has 0 amide bonds. The Labute approximate surface area is 155 Å². The van der Waals surface area contributed by atoms with Crippen LogP contribution in [0.25, 0.3) is 6.08 Å². The van der Waals surface area contributed by atoms with Crippen molar-refractivity contribution < 1.29 is 27.6 Å². The van der Waals surface area contributed by atoms with Crippen LogP contribution in [0.5, 0.6) is 5.75 Å². The molecule has 1 heterocycles. The van der Waals surface area contributed by atoms with Gasteiger partial charge in [-0.3, -0.25) is 14.7 Å². The van der Waals surface area contributed by atoms with Crippen molar-refractivity contribution in [2.24, 2.45) is 0 Å². The highest BCUT2D eigenvalue weighted by molar-refractivity contribution is 7.85. The van der Waals surface area contributed by atoms with Gasteiger partial charge in [0.15, 0.2) is 5.71 Å². The summed E-state index contributed by atoms with van der Waals surface area (Å²) in [5, 5.41) is 20.9. The predicted molar refractivity (Wildman–Crippen MR) is 100.0 cm³/mol. The predicted octanol–water partition coefficient (Wildman–Crippen LogP) is 3.06. The van der Waals surface area contributed by atoms with E-state index in [4.69, 9.17) is 0 Å². The molecule has 140 valence electrons. The summed E-state index contributed by atoms with van der Waals surface area (Å²) in [6, 6.07) is 10.9. The average molecular weight is 389 g/mol. The number of hydrogen-bond donors (Lipinski definition) is 2. The Kier molecular flexibility index (Phi) is 4.81. The van der Waals surface area contributed by atoms with E-state index >= 15 is 0 Å². The minimum absolute atomic E-state index is 0.137. The van der Waals surface area contributed by atoms with E-state index < -0.39 is 20.9 Å². The summed E-state index contributed by atoms with van der Waals surface area (Å²) in [4.78, 5) is 10.4. The van der Waals surface area contributed by atoms with Gasteiger partial charge in [0.25, 0.3) is 11.6 Å². The molecule has 0 aromatic heterocycles. The molecule has 0 bridgehead atoms. The van der Waals surface area contributed by atoms with Gasteiger partial charge in [-0.25, -0.2) is 0 Å². The van der Waals surface area contributed by atoms with Gasteiger partial charge in [0.05, 0.1) is 10.8 Å². The number of non-ortho nitro benzene ring substituents is 1. The number of fused-ring (bicyclic) bond motifs is 1. The zero-order valence-electron chi connectivity index (χ0n) is 14.3. The van der Waals surface area contributed by atoms with Crippen molar-refractivity contribution in [3.63, 3.8) is 0 Å². The molecule has 0 unspecified atom stereocenters. The van der Waals surface area contributed by atoms with Crippen molar-refractivity contribution in [3.05, 3.63) is 69.8 Å². The van der Waals surface area contributed by atoms with Crippen LogP contribution < -0.4 is 0 Å². The molecule has 0 radical (unpaired) electrons. The number of hydrogen-bond acceptors (Lipinski definition) is 5. The highest BCUT2D eigenvalue weighted by Gasteiger charge is 2.36. The molecule has 2 aromatic rings. The Morgan fingerprint density at radius 2 is 1.93 bits per heavy atom. The number of phenolic OH excluding ortho intramolecular Hbond substituents is 1. The van der Waals surface area contributed by atoms with Gasteiger partial charge >= 0.3 is 10.1 Å². The summed E-state index contributed by atoms with van der Waals surface area (Å²) in [7, 11) is -4.28. The summed E-state index contributed by atoms with van der Waals surface area (Å²) in [6.07, 6.45) is 3.08. The SMILES string of the molecule is C[C@H]1C(/C=C/c2cc([N+](=O)[O-])ccc2O)=[N+](CS(=O)(=O)O)c2ccccc21. The van der Waals surface area contributed by atoms with Crippen LogP contribution >= 0.6 is 0 Å². The Morgan fingerprint density at radius 3 is 2.59 bits per heavy atom. The molecule has 0 saturated heterocycles. The fourth-order valence-corrected chi connectivity index (χ4v) is 3.75. The zero-order valence-corrected chi connectivity index (χ0v) is 15.1. The third kappa shape index (κ3) is 3.88. The van der Waals surface area contributed by atoms with E-state index in [2.05, 4.69) is 0 Å². The number of benzene rings is 2. The highest BCUT2D eigenvalue weighted by atomic mass is 32.2. The number of nitro groups is 1. The highest BCUT2D eigenvalue weighted by Crippen LogP contribution is 2.35. The summed E-state index contributed by atoms with van der Waals surface area (Å²) < 4.78 is 33.7. The standard InChI is InChI=1S/C18H16N2O6S/c1-12-15-4-2-3-5-17(15)19(11-27(24,25)26)16(12)8-6-13-10-14(20(22)23)7-9-18(13)21/h2-10,12H,11H2,1H3,(H,24,25,26)/p+1/t12-/m1/s1. The summed E-state index contributed by atoms with van der Waals surface area (Å²) in [5.41, 5.74) is 2.19. The van der Waals surface area contributed by atoms with Gasteiger partial charge in [-0.1, -0.05) is 18.2 Å². The normalized spacial score (nSPS) is 16.7. The third-order valence-corrected chi connectivity index (χ3v) is 4.98. The number of allylic oxidation sites excluding steroid dienone is 1. The molecule has 1 atom stereocenters. The van der Waals surface area contributed by atoms with E-state index in [0.717, 1.165) is 5.56 Å². The number of phenols is 1. The monoisotopic (exact) mass is 389 g/mol. The molecule has 0 fully saturated rings. The lowest BCUT2D eigenvalue weighted by atomic mass is 9.97. The van der Waals surface area contributed by atoms with Crippen LogP contribution in [0.15, 0.2) is 48.5 Å². The first-order chi connectivity index (χ1) is 12.7. The number of aromatic hydroxyl groups is 1. The maximum atomic E-state index is 11.5. The Morgan fingerprint density at radius 1 is 1.22 bits per heavy atom. The van der Waals surface area contributed by atoms with Crippen LogP contribution in [0.2, 0.25) is 0 Å². The van der Waals surface area contributed by atoms with E-state index in [1.807, 2.05) is 19.1 Å². The van der Waals surface area contributed by atoms with E-state index in [0.29, 0.717) is 11.4 Å². The maximum Gasteiger partial charge on any atom is 0.326 e. The summed E-state index contributed by atoms with van der Waals surface area (Å²) >= 11 is 0. The molecule has 0 saturated carbocycles. The quantitative estimate of drug-likeness (QED) is 0.351. The summed E-state index contributed by atoms with van der Waals surface area (Å²) in [6.45, 7) is 1.88. The van der Waals surface area contributed by atoms with Gasteiger partial charge in [-0.15, -0.1) is 0 Å². The fraction of sp³-hybridized carbons (Fsp3) is 0.167. The van der Waals surface area contributed by atoms with Crippen molar-refractivity contribution >= 4 is 33.3 Å². The van der Waals surface area contributed by atoms with Gasteiger partial charge in [0, 0.05) is 35.4 Å². The van der Waals surface area contributed by atoms with Crippen LogP contribution in [0, 0.1) is 10.1 Å². The lowest BCUT2D eigenvalue weighted by molar-refractivity contribution is -0.415.